The van der Waals surface area contributed by atoms with E-state index in [9.17, 15) is 24.6 Å². The van der Waals surface area contributed by atoms with E-state index in [2.05, 4.69) is 49.5 Å². The van der Waals surface area contributed by atoms with Crippen molar-refractivity contribution in [3.63, 3.8) is 0 Å². The van der Waals surface area contributed by atoms with Gasteiger partial charge in [-0.1, -0.05) is 87.5 Å². The van der Waals surface area contributed by atoms with Gasteiger partial charge in [0.25, 0.3) is 0 Å². The number of hydrogen-bond acceptors (Lipinski definition) is 7. The molecule has 0 spiro atoms. The molecule has 12 heteroatoms. The number of aromatic nitrogens is 2. The van der Waals surface area contributed by atoms with Gasteiger partial charge in [-0.15, -0.1) is 0 Å². The number of anilines is 1. The lowest BCUT2D eigenvalue weighted by Gasteiger charge is -2.39. The van der Waals surface area contributed by atoms with Gasteiger partial charge in [-0.25, -0.2) is 9.59 Å². The summed E-state index contributed by atoms with van der Waals surface area (Å²) in [7, 11) is -2.24. The molecule has 54 heavy (non-hydrogen) atoms. The van der Waals surface area contributed by atoms with Gasteiger partial charge in [-0.05, 0) is 77.1 Å². The second-order valence-corrected chi connectivity index (χ2v) is 19.7. The lowest BCUT2D eigenvalue weighted by Crippen LogP contribution is -2.43. The predicted octanol–water partition coefficient (Wildman–Crippen LogP) is 8.85. The number of nitrogens with zero attached hydrogens (tertiary/aromatic N) is 1. The maximum atomic E-state index is 12.9. The molecular formula is C42H46N4O7Si. The fourth-order valence-corrected chi connectivity index (χ4v) is 7.52. The number of nitrogens with one attached hydrogen (secondary N) is 3. The van der Waals surface area contributed by atoms with Crippen LogP contribution in [0, 0.1) is 0 Å². The highest BCUT2D eigenvalue weighted by Crippen LogP contribution is 2.41. The lowest BCUT2D eigenvalue weighted by molar-refractivity contribution is 0.181. The summed E-state index contributed by atoms with van der Waals surface area (Å²) < 4.78 is 14.2. The Morgan fingerprint density at radius 1 is 1.00 bits per heavy atom. The van der Waals surface area contributed by atoms with Crippen molar-refractivity contribution in [2.75, 3.05) is 11.9 Å². The first-order valence-corrected chi connectivity index (χ1v) is 20.8. The average Bonchev–Trinajstić information content (AvgIpc) is 3.43. The highest BCUT2D eigenvalue weighted by atomic mass is 28.4. The van der Waals surface area contributed by atoms with Crippen molar-refractivity contribution in [2.45, 2.75) is 64.5 Å². The maximum Gasteiger partial charge on any atom is 0.419 e. The fourth-order valence-electron chi connectivity index (χ4n) is 6.24. The van der Waals surface area contributed by atoms with Crippen LogP contribution in [0.4, 0.5) is 10.5 Å². The summed E-state index contributed by atoms with van der Waals surface area (Å²) >= 11 is 0. The van der Waals surface area contributed by atoms with E-state index in [0.717, 1.165) is 33.2 Å². The molecule has 11 nitrogen and oxygen atoms in total. The molecule has 0 aliphatic rings. The minimum Gasteiger partial charge on any atom is -0.506 e. The van der Waals surface area contributed by atoms with Crippen molar-refractivity contribution in [3.05, 3.63) is 135 Å². The van der Waals surface area contributed by atoms with Crippen LogP contribution in [-0.4, -0.2) is 40.7 Å². The summed E-state index contributed by atoms with van der Waals surface area (Å²) in [5.41, 5.74) is 6.07. The maximum absolute atomic E-state index is 12.9. The van der Waals surface area contributed by atoms with E-state index in [1.807, 2.05) is 78.9 Å². The Hall–Kier alpha value is -5.69. The summed E-state index contributed by atoms with van der Waals surface area (Å²) in [5.74, 6) is -0.440. The van der Waals surface area contributed by atoms with Crippen LogP contribution < -0.4 is 21.9 Å². The van der Waals surface area contributed by atoms with E-state index >= 15 is 0 Å². The van der Waals surface area contributed by atoms with Crippen LogP contribution in [0.1, 0.15) is 50.0 Å². The van der Waals surface area contributed by atoms with Crippen LogP contribution >= 0.6 is 0 Å². The van der Waals surface area contributed by atoms with Crippen molar-refractivity contribution >= 4 is 48.2 Å². The molecule has 1 amide bonds. The van der Waals surface area contributed by atoms with Crippen LogP contribution in [0.3, 0.4) is 0 Å². The Morgan fingerprint density at radius 2 is 1.78 bits per heavy atom. The normalized spacial score (nSPS) is 12.8. The zero-order valence-electron chi connectivity index (χ0n) is 31.1. The third-order valence-corrected chi connectivity index (χ3v) is 14.6. The molecule has 0 unspecified atom stereocenters. The van der Waals surface area contributed by atoms with Crippen LogP contribution in [0.25, 0.3) is 39.2 Å². The number of amides is 1. The molecule has 4 aromatic carbocycles. The highest BCUT2D eigenvalue weighted by Gasteiger charge is 2.39. The van der Waals surface area contributed by atoms with Gasteiger partial charge in [0.05, 0.1) is 22.8 Å². The molecular weight excluding hydrogens is 701 g/mol. The molecule has 6 rings (SSSR count). The van der Waals surface area contributed by atoms with Crippen molar-refractivity contribution < 1.29 is 23.9 Å². The fraction of sp³-hybridized carbons (Fsp3) is 0.262. The first kappa shape index (κ1) is 38.0. The Bertz CT molecular complexity index is 2440. The molecule has 2 aromatic heterocycles. The quantitative estimate of drug-likeness (QED) is 0.0734. The molecule has 0 saturated heterocycles. The number of benzene rings is 4. The molecule has 0 saturated carbocycles. The SMILES string of the molecule is CC(C)(C)[Si](C)(C)O[C@@H](CNCc1ccc2c(c1)oc(=O)n2CC/C=C/c1ccc(-c2ccccc2)c(NC(=O)O)c1)c1ccc(O)c2[nH]c(=O)ccc12. The van der Waals surface area contributed by atoms with E-state index in [-0.39, 0.29) is 22.5 Å². The third kappa shape index (κ3) is 8.57. The number of carbonyl (C=O) groups is 1. The van der Waals surface area contributed by atoms with Gasteiger partial charge in [0.2, 0.25) is 5.56 Å². The standard InChI is InChI=1S/C42H46N4O7Si/c1-42(2,3)54(4,5)53-37(31-17-20-35(47)39-32(31)18-21-38(48)45-39)26-43-25-28-15-19-34-36(24-28)52-41(51)46(34)22-10-9-11-27-14-16-30(29-12-7-6-8-13-29)33(23-27)44-40(49)50/h6-9,11-21,23-24,37,43-44,47H,10,22,25-26H2,1-5H3,(H,45,48)(H,49,50)/b11-9+/t37-/m0/s1. The summed E-state index contributed by atoms with van der Waals surface area (Å²) in [6.07, 6.45) is 2.90. The monoisotopic (exact) mass is 746 g/mol. The summed E-state index contributed by atoms with van der Waals surface area (Å²) in [6.45, 7) is 12.3. The van der Waals surface area contributed by atoms with Gasteiger partial charge in [0.15, 0.2) is 13.9 Å². The summed E-state index contributed by atoms with van der Waals surface area (Å²) in [5, 5.41) is 26.6. The van der Waals surface area contributed by atoms with Gasteiger partial charge in [-0.3, -0.25) is 14.7 Å². The van der Waals surface area contributed by atoms with Crippen molar-refractivity contribution in [1.82, 2.24) is 14.9 Å². The van der Waals surface area contributed by atoms with Crippen LogP contribution in [0.15, 0.2) is 111 Å². The number of pyridine rings is 1. The summed E-state index contributed by atoms with van der Waals surface area (Å²) in [4.78, 5) is 39.2. The van der Waals surface area contributed by atoms with Crippen molar-refractivity contribution in [1.29, 1.82) is 0 Å². The predicted molar refractivity (Wildman–Crippen MR) is 217 cm³/mol. The second-order valence-electron chi connectivity index (χ2n) is 14.9. The van der Waals surface area contributed by atoms with Gasteiger partial charge in [0.1, 0.15) is 5.75 Å². The van der Waals surface area contributed by atoms with E-state index in [1.165, 1.54) is 6.07 Å². The van der Waals surface area contributed by atoms with Gasteiger partial charge in [0, 0.05) is 36.7 Å². The number of phenolic OH excluding ortho intramolecular Hbond substituents is 1. The molecule has 1 atom stereocenters. The molecule has 0 radical (unpaired) electrons. The van der Waals surface area contributed by atoms with Gasteiger partial charge in [-0.2, -0.15) is 0 Å². The Balaban J connectivity index is 1.14. The van der Waals surface area contributed by atoms with Gasteiger partial charge >= 0.3 is 11.8 Å². The molecule has 280 valence electrons. The zero-order chi connectivity index (χ0) is 38.6. The number of phenols is 1. The zero-order valence-corrected chi connectivity index (χ0v) is 32.1. The highest BCUT2D eigenvalue weighted by molar-refractivity contribution is 6.74. The van der Waals surface area contributed by atoms with E-state index in [4.69, 9.17) is 8.84 Å². The van der Waals surface area contributed by atoms with Crippen LogP contribution in [-0.2, 0) is 17.5 Å². The largest absolute Gasteiger partial charge is 0.506 e. The minimum absolute atomic E-state index is 0.00110. The Morgan fingerprint density at radius 3 is 2.52 bits per heavy atom. The number of H-pyrrole nitrogens is 1. The molecule has 0 fully saturated rings. The molecule has 0 aliphatic carbocycles. The first-order valence-electron chi connectivity index (χ1n) is 17.9. The molecule has 0 aliphatic heterocycles. The van der Waals surface area contributed by atoms with Crippen LogP contribution in [0.2, 0.25) is 18.1 Å². The Kier molecular flexibility index (Phi) is 11.1. The number of oxazole rings is 1. The number of rotatable bonds is 13. The average molecular weight is 747 g/mol. The molecule has 6 aromatic rings. The van der Waals surface area contributed by atoms with E-state index in [1.54, 1.807) is 22.8 Å². The smallest absolute Gasteiger partial charge is 0.419 e. The summed E-state index contributed by atoms with van der Waals surface area (Å²) in [6, 6.07) is 27.5. The number of aromatic hydroxyl groups is 1. The minimum atomic E-state index is -2.24. The number of aryl methyl sites for hydroxylation is 1. The Labute approximate surface area is 314 Å². The van der Waals surface area contributed by atoms with Crippen LogP contribution in [0.5, 0.6) is 5.75 Å². The number of allylic oxidation sites excluding steroid dienone is 1. The topological polar surface area (TPSA) is 159 Å². The number of aromatic amines is 1. The van der Waals surface area contributed by atoms with Crippen molar-refractivity contribution in [2.24, 2.45) is 0 Å². The second kappa shape index (κ2) is 15.7. The first-order chi connectivity index (χ1) is 25.7. The lowest BCUT2D eigenvalue weighted by atomic mass is 10.0. The number of fused-ring (bicyclic) bond motifs is 2. The number of carboxylic acid groups (broad SMARTS) is 1. The van der Waals surface area contributed by atoms with Gasteiger partial charge < -0.3 is 29.4 Å². The van der Waals surface area contributed by atoms with Crippen molar-refractivity contribution in [3.8, 4) is 16.9 Å². The third-order valence-electron chi connectivity index (χ3n) is 10.1. The number of hydrogen-bond donors (Lipinski definition) is 5. The molecule has 5 N–H and O–H groups in total. The van der Waals surface area contributed by atoms with E-state index < -0.39 is 20.2 Å². The molecule has 0 bridgehead atoms. The molecule has 2 heterocycles. The van der Waals surface area contributed by atoms with E-state index in [0.29, 0.717) is 48.4 Å².